The molecule has 0 bridgehead atoms. The molecule has 0 radical (unpaired) electrons. The highest BCUT2D eigenvalue weighted by Crippen LogP contribution is 2.41. The van der Waals surface area contributed by atoms with E-state index in [1.165, 1.54) is 12.1 Å². The number of benzene rings is 1. The molecule has 6 heteroatoms. The van der Waals surface area contributed by atoms with Gasteiger partial charge in [0.15, 0.2) is 17.6 Å². The van der Waals surface area contributed by atoms with Gasteiger partial charge >= 0.3 is 5.97 Å². The summed E-state index contributed by atoms with van der Waals surface area (Å²) >= 11 is 5.94. The van der Waals surface area contributed by atoms with Crippen LogP contribution in [0.3, 0.4) is 0 Å². The Morgan fingerprint density at radius 2 is 1.94 bits per heavy atom. The van der Waals surface area contributed by atoms with Crippen molar-refractivity contribution in [2.45, 2.75) is 12.5 Å². The molecule has 1 aromatic rings. The second kappa shape index (κ2) is 4.81. The summed E-state index contributed by atoms with van der Waals surface area (Å²) in [6.07, 6.45) is -0.976. The summed E-state index contributed by atoms with van der Waals surface area (Å²) in [6.45, 7) is 0.839. The normalized spacial score (nSPS) is 16.1. The summed E-state index contributed by atoms with van der Waals surface area (Å²) in [5.41, 5.74) is 0.152. The van der Waals surface area contributed by atoms with E-state index in [1.54, 1.807) is 0 Å². The van der Waals surface area contributed by atoms with Gasteiger partial charge in [-0.25, -0.2) is 4.79 Å². The number of ether oxygens (including phenoxy) is 2. The largest absolute Gasteiger partial charge is 0.489 e. The lowest BCUT2D eigenvalue weighted by Gasteiger charge is -2.15. The molecule has 0 aliphatic carbocycles. The minimum absolute atomic E-state index is 0.152. The zero-order chi connectivity index (χ0) is 12.4. The van der Waals surface area contributed by atoms with Gasteiger partial charge in [0, 0.05) is 12.0 Å². The molecule has 0 amide bonds. The monoisotopic (exact) mass is 258 g/mol. The molecule has 0 spiro atoms. The van der Waals surface area contributed by atoms with Crippen LogP contribution < -0.4 is 9.47 Å². The maximum atomic E-state index is 10.8. The molecule has 2 rings (SSSR count). The third kappa shape index (κ3) is 2.30. The molecule has 1 aliphatic rings. The molecule has 5 nitrogen and oxygen atoms in total. The van der Waals surface area contributed by atoms with Crippen LogP contribution in [-0.4, -0.2) is 29.4 Å². The smallest absolute Gasteiger partial charge is 0.337 e. The Bertz CT molecular complexity index is 446. The molecule has 0 saturated heterocycles. The predicted octanol–water partition coefficient (Wildman–Crippen LogP) is 1.62. The second-order valence-electron chi connectivity index (χ2n) is 3.59. The second-order valence-corrected chi connectivity index (χ2v) is 3.99. The van der Waals surface area contributed by atoms with Crippen LogP contribution in [0.2, 0.25) is 5.02 Å². The average Bonchev–Trinajstić information content (AvgIpc) is 2.54. The third-order valence-electron chi connectivity index (χ3n) is 2.40. The van der Waals surface area contributed by atoms with Crippen LogP contribution in [-0.2, 0) is 4.79 Å². The molecular formula is C11H11ClO5. The Balaban J connectivity index is 2.50. The summed E-state index contributed by atoms with van der Waals surface area (Å²) in [7, 11) is 0. The molecule has 1 atom stereocenters. The highest BCUT2D eigenvalue weighted by molar-refractivity contribution is 6.32. The number of carboxylic acids is 1. The van der Waals surface area contributed by atoms with Gasteiger partial charge in [0.25, 0.3) is 0 Å². The number of aliphatic hydroxyl groups is 1. The van der Waals surface area contributed by atoms with Gasteiger partial charge in [0.1, 0.15) is 0 Å². The number of carboxylic acid groups (broad SMARTS) is 1. The molecule has 0 fully saturated rings. The average molecular weight is 259 g/mol. The zero-order valence-electron chi connectivity index (χ0n) is 8.85. The summed E-state index contributed by atoms with van der Waals surface area (Å²) in [6, 6.07) is 2.91. The van der Waals surface area contributed by atoms with Crippen LogP contribution in [0.25, 0.3) is 0 Å². The standard InChI is InChI=1S/C11H11ClO5/c12-7-3-2-6(8(13)11(14)15)9-10(7)17-5-1-4-16-9/h2-3,8,13H,1,4-5H2,(H,14,15). The lowest BCUT2D eigenvalue weighted by atomic mass is 10.1. The number of aliphatic carboxylic acids is 1. The van der Waals surface area contributed by atoms with Gasteiger partial charge in [-0.2, -0.15) is 0 Å². The molecule has 1 heterocycles. The van der Waals surface area contributed by atoms with Crippen molar-refractivity contribution in [2.75, 3.05) is 13.2 Å². The van der Waals surface area contributed by atoms with Crippen molar-refractivity contribution in [1.82, 2.24) is 0 Å². The molecule has 1 aliphatic heterocycles. The van der Waals surface area contributed by atoms with E-state index in [0.29, 0.717) is 30.4 Å². The summed E-state index contributed by atoms with van der Waals surface area (Å²) in [4.78, 5) is 10.8. The molecule has 0 saturated carbocycles. The van der Waals surface area contributed by atoms with Crippen molar-refractivity contribution < 1.29 is 24.5 Å². The van der Waals surface area contributed by atoms with Crippen LogP contribution in [0.5, 0.6) is 11.5 Å². The number of carbonyl (C=O) groups is 1. The molecule has 2 N–H and O–H groups in total. The van der Waals surface area contributed by atoms with E-state index in [9.17, 15) is 9.90 Å². The van der Waals surface area contributed by atoms with Gasteiger partial charge < -0.3 is 19.7 Å². The van der Waals surface area contributed by atoms with Crippen LogP contribution >= 0.6 is 11.6 Å². The molecular weight excluding hydrogens is 248 g/mol. The van der Waals surface area contributed by atoms with Crippen molar-refractivity contribution in [2.24, 2.45) is 0 Å². The van der Waals surface area contributed by atoms with E-state index in [4.69, 9.17) is 26.2 Å². The van der Waals surface area contributed by atoms with E-state index in [-0.39, 0.29) is 11.3 Å². The number of halogens is 1. The summed E-state index contributed by atoms with van der Waals surface area (Å²) in [5.74, 6) is -0.839. The van der Waals surface area contributed by atoms with Crippen LogP contribution in [0.1, 0.15) is 18.1 Å². The first-order chi connectivity index (χ1) is 8.11. The minimum atomic E-state index is -1.65. The zero-order valence-corrected chi connectivity index (χ0v) is 9.61. The highest BCUT2D eigenvalue weighted by atomic mass is 35.5. The molecule has 0 aromatic heterocycles. The van der Waals surface area contributed by atoms with Crippen LogP contribution in [0.4, 0.5) is 0 Å². The van der Waals surface area contributed by atoms with Gasteiger partial charge in [0.2, 0.25) is 0 Å². The molecule has 1 unspecified atom stereocenters. The van der Waals surface area contributed by atoms with E-state index in [0.717, 1.165) is 0 Å². The first-order valence-corrected chi connectivity index (χ1v) is 5.48. The molecule has 17 heavy (non-hydrogen) atoms. The van der Waals surface area contributed by atoms with Gasteiger partial charge in [-0.05, 0) is 6.07 Å². The fourth-order valence-corrected chi connectivity index (χ4v) is 1.80. The summed E-state index contributed by atoms with van der Waals surface area (Å²) in [5, 5.41) is 18.7. The van der Waals surface area contributed by atoms with E-state index < -0.39 is 12.1 Å². The van der Waals surface area contributed by atoms with Crippen molar-refractivity contribution >= 4 is 17.6 Å². The van der Waals surface area contributed by atoms with Crippen LogP contribution in [0, 0.1) is 0 Å². The molecule has 92 valence electrons. The Morgan fingerprint density at radius 3 is 2.59 bits per heavy atom. The predicted molar refractivity (Wildman–Crippen MR) is 59.7 cm³/mol. The topological polar surface area (TPSA) is 76.0 Å². The van der Waals surface area contributed by atoms with Gasteiger partial charge in [-0.1, -0.05) is 17.7 Å². The SMILES string of the molecule is O=C(O)C(O)c1ccc(Cl)c2c1OCCCO2. The van der Waals surface area contributed by atoms with Crippen molar-refractivity contribution in [3.8, 4) is 11.5 Å². The number of rotatable bonds is 2. The number of fused-ring (bicyclic) bond motifs is 1. The lowest BCUT2D eigenvalue weighted by molar-refractivity contribution is -0.147. The fraction of sp³-hybridized carbons (Fsp3) is 0.364. The lowest BCUT2D eigenvalue weighted by Crippen LogP contribution is -2.12. The maximum absolute atomic E-state index is 10.8. The highest BCUT2D eigenvalue weighted by Gasteiger charge is 2.26. The number of hydrogen-bond acceptors (Lipinski definition) is 4. The van der Waals surface area contributed by atoms with Crippen molar-refractivity contribution in [3.05, 3.63) is 22.7 Å². The Hall–Kier alpha value is -1.46. The first kappa shape index (κ1) is 12.0. The maximum Gasteiger partial charge on any atom is 0.337 e. The first-order valence-electron chi connectivity index (χ1n) is 5.10. The Morgan fingerprint density at radius 1 is 1.29 bits per heavy atom. The third-order valence-corrected chi connectivity index (χ3v) is 2.70. The quantitative estimate of drug-likeness (QED) is 0.843. The fourth-order valence-electron chi connectivity index (χ4n) is 1.59. The Kier molecular flexibility index (Phi) is 3.40. The number of hydrogen-bond donors (Lipinski definition) is 2. The van der Waals surface area contributed by atoms with Gasteiger partial charge in [-0.15, -0.1) is 0 Å². The van der Waals surface area contributed by atoms with Gasteiger partial charge in [-0.3, -0.25) is 0 Å². The minimum Gasteiger partial charge on any atom is -0.489 e. The number of aliphatic hydroxyl groups excluding tert-OH is 1. The molecule has 1 aromatic carbocycles. The van der Waals surface area contributed by atoms with Crippen molar-refractivity contribution in [3.63, 3.8) is 0 Å². The van der Waals surface area contributed by atoms with Crippen LogP contribution in [0.15, 0.2) is 12.1 Å². The van der Waals surface area contributed by atoms with Gasteiger partial charge in [0.05, 0.1) is 18.2 Å². The van der Waals surface area contributed by atoms with Crippen molar-refractivity contribution in [1.29, 1.82) is 0 Å². The van der Waals surface area contributed by atoms with E-state index >= 15 is 0 Å². The summed E-state index contributed by atoms with van der Waals surface area (Å²) < 4.78 is 10.8. The van der Waals surface area contributed by atoms with E-state index in [1.807, 2.05) is 0 Å². The Labute approximate surface area is 103 Å². The van der Waals surface area contributed by atoms with E-state index in [2.05, 4.69) is 0 Å².